The first-order valence-electron chi connectivity index (χ1n) is 5.61. The Morgan fingerprint density at radius 2 is 1.88 bits per heavy atom. The molecule has 1 aromatic heterocycles. The number of hydrogen-bond acceptors (Lipinski definition) is 4. The maximum Gasteiger partial charge on any atom is 0.223 e. The molecule has 1 aromatic rings. The van der Waals surface area contributed by atoms with Gasteiger partial charge >= 0.3 is 0 Å². The van der Waals surface area contributed by atoms with Gasteiger partial charge in [0, 0.05) is 0 Å². The SMILES string of the molecule is OCC1(Nc2ncc(F)cn2)CCCCC1. The van der Waals surface area contributed by atoms with E-state index in [2.05, 4.69) is 15.3 Å². The maximum atomic E-state index is 12.6. The number of aromatic nitrogens is 2. The summed E-state index contributed by atoms with van der Waals surface area (Å²) in [6.07, 6.45) is 7.46. The molecule has 88 valence electrons. The fraction of sp³-hybridized carbons (Fsp3) is 0.636. The van der Waals surface area contributed by atoms with E-state index in [0.717, 1.165) is 38.1 Å². The van der Waals surface area contributed by atoms with Crippen LogP contribution in [0, 0.1) is 5.82 Å². The number of nitrogens with one attached hydrogen (secondary N) is 1. The van der Waals surface area contributed by atoms with E-state index in [4.69, 9.17) is 0 Å². The molecule has 0 atom stereocenters. The van der Waals surface area contributed by atoms with Crippen LogP contribution in [0.2, 0.25) is 0 Å². The zero-order valence-electron chi connectivity index (χ0n) is 9.12. The number of aliphatic hydroxyl groups excluding tert-OH is 1. The van der Waals surface area contributed by atoms with Crippen LogP contribution >= 0.6 is 0 Å². The third-order valence-electron chi connectivity index (χ3n) is 3.11. The van der Waals surface area contributed by atoms with Gasteiger partial charge in [0.05, 0.1) is 24.5 Å². The number of hydrogen-bond donors (Lipinski definition) is 2. The molecule has 16 heavy (non-hydrogen) atoms. The Hall–Kier alpha value is -1.23. The van der Waals surface area contributed by atoms with E-state index >= 15 is 0 Å². The van der Waals surface area contributed by atoms with Crippen LogP contribution in [-0.4, -0.2) is 27.2 Å². The van der Waals surface area contributed by atoms with Crippen molar-refractivity contribution in [3.63, 3.8) is 0 Å². The van der Waals surface area contributed by atoms with Crippen LogP contribution in [0.3, 0.4) is 0 Å². The van der Waals surface area contributed by atoms with E-state index in [0.29, 0.717) is 5.95 Å². The first kappa shape index (κ1) is 11.3. The van der Waals surface area contributed by atoms with Gasteiger partial charge in [-0.05, 0) is 12.8 Å². The van der Waals surface area contributed by atoms with Gasteiger partial charge in [-0.2, -0.15) is 0 Å². The molecule has 0 aliphatic heterocycles. The van der Waals surface area contributed by atoms with E-state index in [1.54, 1.807) is 0 Å². The van der Waals surface area contributed by atoms with E-state index in [-0.39, 0.29) is 12.1 Å². The van der Waals surface area contributed by atoms with E-state index in [1.165, 1.54) is 6.42 Å². The third-order valence-corrected chi connectivity index (χ3v) is 3.11. The summed E-state index contributed by atoms with van der Waals surface area (Å²) in [5.74, 6) is -0.0652. The minimum atomic E-state index is -0.452. The molecule has 1 fully saturated rings. The fourth-order valence-electron chi connectivity index (χ4n) is 2.17. The number of rotatable bonds is 3. The molecule has 1 heterocycles. The van der Waals surface area contributed by atoms with Gasteiger partial charge in [0.2, 0.25) is 5.95 Å². The Bertz CT molecular complexity index is 336. The van der Waals surface area contributed by atoms with Gasteiger partial charge in [-0.25, -0.2) is 14.4 Å². The van der Waals surface area contributed by atoms with Crippen molar-refractivity contribution in [2.45, 2.75) is 37.6 Å². The Labute approximate surface area is 93.9 Å². The Morgan fingerprint density at radius 1 is 1.25 bits per heavy atom. The molecule has 2 N–H and O–H groups in total. The average Bonchev–Trinajstić information content (AvgIpc) is 2.33. The van der Waals surface area contributed by atoms with Crippen molar-refractivity contribution in [3.8, 4) is 0 Å². The van der Waals surface area contributed by atoms with Gasteiger partial charge in [0.25, 0.3) is 0 Å². The van der Waals surface area contributed by atoms with E-state index in [9.17, 15) is 9.50 Å². The van der Waals surface area contributed by atoms with E-state index in [1.807, 2.05) is 0 Å². The van der Waals surface area contributed by atoms with Crippen molar-refractivity contribution >= 4 is 5.95 Å². The predicted molar refractivity (Wildman–Crippen MR) is 58.5 cm³/mol. The van der Waals surface area contributed by atoms with Crippen LogP contribution in [0.25, 0.3) is 0 Å². The molecule has 5 heteroatoms. The monoisotopic (exact) mass is 225 g/mol. The molecule has 1 saturated carbocycles. The van der Waals surface area contributed by atoms with Gasteiger partial charge in [-0.15, -0.1) is 0 Å². The number of nitrogens with zero attached hydrogens (tertiary/aromatic N) is 2. The first-order chi connectivity index (χ1) is 7.74. The lowest BCUT2D eigenvalue weighted by Crippen LogP contribution is -2.44. The van der Waals surface area contributed by atoms with Crippen molar-refractivity contribution in [1.29, 1.82) is 0 Å². The third kappa shape index (κ3) is 2.47. The number of halogens is 1. The minimum absolute atomic E-state index is 0.0632. The quantitative estimate of drug-likeness (QED) is 0.822. The Morgan fingerprint density at radius 3 is 2.44 bits per heavy atom. The summed E-state index contributed by atoms with van der Waals surface area (Å²) < 4.78 is 12.6. The summed E-state index contributed by atoms with van der Waals surface area (Å²) in [7, 11) is 0. The van der Waals surface area contributed by atoms with Crippen LogP contribution in [-0.2, 0) is 0 Å². The van der Waals surface area contributed by atoms with Crippen LogP contribution in [0.15, 0.2) is 12.4 Å². The summed E-state index contributed by atoms with van der Waals surface area (Å²) in [4.78, 5) is 7.71. The summed E-state index contributed by atoms with van der Waals surface area (Å²) >= 11 is 0. The van der Waals surface area contributed by atoms with Crippen molar-refractivity contribution < 1.29 is 9.50 Å². The lowest BCUT2D eigenvalue weighted by Gasteiger charge is -2.36. The molecule has 1 aliphatic carbocycles. The molecular weight excluding hydrogens is 209 g/mol. The first-order valence-corrected chi connectivity index (χ1v) is 5.61. The molecular formula is C11H16FN3O. The molecule has 0 radical (unpaired) electrons. The molecule has 0 amide bonds. The van der Waals surface area contributed by atoms with Crippen molar-refractivity contribution in [2.75, 3.05) is 11.9 Å². The van der Waals surface area contributed by atoms with Gasteiger partial charge < -0.3 is 10.4 Å². The summed E-state index contributed by atoms with van der Waals surface area (Å²) in [6.45, 7) is 0.0632. The van der Waals surface area contributed by atoms with Crippen LogP contribution in [0.5, 0.6) is 0 Å². The zero-order valence-corrected chi connectivity index (χ0v) is 9.12. The standard InChI is InChI=1S/C11H16FN3O/c12-9-6-13-10(14-7-9)15-11(8-16)4-2-1-3-5-11/h6-7,16H,1-5,8H2,(H,13,14,15). The molecule has 0 unspecified atom stereocenters. The highest BCUT2D eigenvalue weighted by molar-refractivity contribution is 5.28. The smallest absolute Gasteiger partial charge is 0.223 e. The largest absolute Gasteiger partial charge is 0.394 e. The molecule has 1 aliphatic rings. The predicted octanol–water partition coefficient (Wildman–Crippen LogP) is 1.72. The molecule has 2 rings (SSSR count). The number of anilines is 1. The summed E-state index contributed by atoms with van der Waals surface area (Å²) in [5, 5.41) is 12.6. The molecule has 0 spiro atoms. The molecule has 0 saturated heterocycles. The maximum absolute atomic E-state index is 12.6. The van der Waals surface area contributed by atoms with Crippen LogP contribution < -0.4 is 5.32 Å². The second-order valence-corrected chi connectivity index (χ2v) is 4.35. The average molecular weight is 225 g/mol. The second-order valence-electron chi connectivity index (χ2n) is 4.35. The Balaban J connectivity index is 2.08. The lowest BCUT2D eigenvalue weighted by atomic mass is 9.82. The van der Waals surface area contributed by atoms with Gasteiger partial charge in [0.15, 0.2) is 5.82 Å². The van der Waals surface area contributed by atoms with Crippen LogP contribution in [0.4, 0.5) is 10.3 Å². The van der Waals surface area contributed by atoms with Crippen molar-refractivity contribution in [2.24, 2.45) is 0 Å². The van der Waals surface area contributed by atoms with E-state index < -0.39 is 5.82 Å². The highest BCUT2D eigenvalue weighted by atomic mass is 19.1. The van der Waals surface area contributed by atoms with Crippen molar-refractivity contribution in [1.82, 2.24) is 9.97 Å². The van der Waals surface area contributed by atoms with Gasteiger partial charge in [-0.3, -0.25) is 0 Å². The fourth-order valence-corrected chi connectivity index (χ4v) is 2.17. The topological polar surface area (TPSA) is 58.0 Å². The molecule has 0 bridgehead atoms. The second kappa shape index (κ2) is 4.74. The van der Waals surface area contributed by atoms with Crippen molar-refractivity contribution in [3.05, 3.63) is 18.2 Å². The lowest BCUT2D eigenvalue weighted by molar-refractivity contribution is 0.172. The Kier molecular flexibility index (Phi) is 3.33. The molecule has 0 aromatic carbocycles. The zero-order chi connectivity index (χ0) is 11.4. The number of aliphatic hydroxyl groups is 1. The van der Waals surface area contributed by atoms with Gasteiger partial charge in [0.1, 0.15) is 0 Å². The summed E-state index contributed by atoms with van der Waals surface area (Å²) in [6, 6.07) is 0. The molecule has 4 nitrogen and oxygen atoms in total. The van der Waals surface area contributed by atoms with Crippen LogP contribution in [0.1, 0.15) is 32.1 Å². The normalized spacial score (nSPS) is 19.4. The highest BCUT2D eigenvalue weighted by Crippen LogP contribution is 2.30. The minimum Gasteiger partial charge on any atom is -0.394 e. The summed E-state index contributed by atoms with van der Waals surface area (Å²) in [5.41, 5.74) is -0.323. The van der Waals surface area contributed by atoms with Gasteiger partial charge in [-0.1, -0.05) is 19.3 Å². The highest BCUT2D eigenvalue weighted by Gasteiger charge is 2.31.